The molecule has 1 atom stereocenters. The molecule has 0 aromatic carbocycles. The van der Waals surface area contributed by atoms with E-state index in [0.717, 1.165) is 5.92 Å². The van der Waals surface area contributed by atoms with E-state index in [0.29, 0.717) is 6.04 Å². The normalized spacial score (nSPS) is 20.1. The summed E-state index contributed by atoms with van der Waals surface area (Å²) in [6.07, 6.45) is 2.65. The standard InChI is InChI=1S/C8H12N2S/c9-10-8(6-3-4-6)7-2-1-5-11-7/h1-2,5-6,8,10H,3-4,9H2/t8-/m1/s1. The van der Waals surface area contributed by atoms with E-state index < -0.39 is 0 Å². The Kier molecular flexibility index (Phi) is 1.94. The lowest BCUT2D eigenvalue weighted by Gasteiger charge is -2.11. The molecule has 3 heteroatoms. The summed E-state index contributed by atoms with van der Waals surface area (Å²) in [5.74, 6) is 6.25. The maximum Gasteiger partial charge on any atom is 0.0581 e. The molecule has 0 unspecified atom stereocenters. The Balaban J connectivity index is 2.11. The van der Waals surface area contributed by atoms with Crippen LogP contribution in [0.25, 0.3) is 0 Å². The first kappa shape index (κ1) is 7.28. The quantitative estimate of drug-likeness (QED) is 0.532. The highest BCUT2D eigenvalue weighted by atomic mass is 32.1. The Bertz CT molecular complexity index is 216. The van der Waals surface area contributed by atoms with Crippen LogP contribution in [0.1, 0.15) is 23.8 Å². The van der Waals surface area contributed by atoms with Crippen molar-refractivity contribution in [1.82, 2.24) is 5.43 Å². The molecule has 1 aromatic heterocycles. The number of nitrogens with one attached hydrogen (secondary N) is 1. The van der Waals surface area contributed by atoms with Crippen molar-refractivity contribution in [1.29, 1.82) is 0 Å². The molecule has 0 aliphatic heterocycles. The summed E-state index contributed by atoms with van der Waals surface area (Å²) in [6.45, 7) is 0. The zero-order chi connectivity index (χ0) is 7.68. The average Bonchev–Trinajstić information content (AvgIpc) is 2.68. The van der Waals surface area contributed by atoms with Crippen LogP contribution in [0.5, 0.6) is 0 Å². The average molecular weight is 168 g/mol. The molecule has 2 nitrogen and oxygen atoms in total. The van der Waals surface area contributed by atoms with Crippen molar-refractivity contribution in [3.05, 3.63) is 22.4 Å². The number of hydrogen-bond acceptors (Lipinski definition) is 3. The van der Waals surface area contributed by atoms with Gasteiger partial charge in [-0.05, 0) is 30.2 Å². The van der Waals surface area contributed by atoms with Gasteiger partial charge >= 0.3 is 0 Å². The number of nitrogens with two attached hydrogens (primary N) is 1. The van der Waals surface area contributed by atoms with E-state index in [2.05, 4.69) is 22.9 Å². The number of hydrogen-bond donors (Lipinski definition) is 2. The predicted molar refractivity (Wildman–Crippen MR) is 47.1 cm³/mol. The summed E-state index contributed by atoms with van der Waals surface area (Å²) in [5.41, 5.74) is 2.88. The van der Waals surface area contributed by atoms with E-state index in [1.165, 1.54) is 17.7 Å². The van der Waals surface area contributed by atoms with Gasteiger partial charge in [-0.2, -0.15) is 0 Å². The molecule has 1 fully saturated rings. The molecule has 0 saturated heterocycles. The van der Waals surface area contributed by atoms with Gasteiger partial charge in [0.2, 0.25) is 0 Å². The van der Waals surface area contributed by atoms with Crippen LogP contribution in [0.3, 0.4) is 0 Å². The van der Waals surface area contributed by atoms with Crippen LogP contribution in [0, 0.1) is 5.92 Å². The maximum absolute atomic E-state index is 5.46. The minimum absolute atomic E-state index is 0.412. The lowest BCUT2D eigenvalue weighted by molar-refractivity contribution is 0.504. The van der Waals surface area contributed by atoms with Gasteiger partial charge in [-0.15, -0.1) is 11.3 Å². The zero-order valence-electron chi connectivity index (χ0n) is 6.29. The van der Waals surface area contributed by atoms with Crippen molar-refractivity contribution >= 4 is 11.3 Å². The molecule has 1 aromatic rings. The second-order valence-corrected chi connectivity index (χ2v) is 3.98. The molecule has 0 bridgehead atoms. The number of rotatable bonds is 3. The molecule has 1 saturated carbocycles. The molecule has 3 N–H and O–H groups in total. The Labute approximate surface area is 70.4 Å². The van der Waals surface area contributed by atoms with Gasteiger partial charge in [-0.25, -0.2) is 0 Å². The molecule has 1 heterocycles. The monoisotopic (exact) mass is 168 g/mol. The SMILES string of the molecule is NN[C@@H](c1cccs1)C1CC1. The highest BCUT2D eigenvalue weighted by molar-refractivity contribution is 7.10. The lowest BCUT2D eigenvalue weighted by Crippen LogP contribution is -2.28. The van der Waals surface area contributed by atoms with Gasteiger partial charge in [-0.3, -0.25) is 11.3 Å². The van der Waals surface area contributed by atoms with Gasteiger partial charge < -0.3 is 0 Å². The van der Waals surface area contributed by atoms with Crippen LogP contribution in [-0.4, -0.2) is 0 Å². The van der Waals surface area contributed by atoms with Gasteiger partial charge in [0.05, 0.1) is 6.04 Å². The molecule has 1 aliphatic carbocycles. The summed E-state index contributed by atoms with van der Waals surface area (Å²) >= 11 is 1.78. The van der Waals surface area contributed by atoms with E-state index in [9.17, 15) is 0 Å². The fourth-order valence-electron chi connectivity index (χ4n) is 1.35. The molecule has 11 heavy (non-hydrogen) atoms. The van der Waals surface area contributed by atoms with E-state index >= 15 is 0 Å². The van der Waals surface area contributed by atoms with Crippen molar-refractivity contribution in [2.24, 2.45) is 11.8 Å². The van der Waals surface area contributed by atoms with Crippen LogP contribution in [0.2, 0.25) is 0 Å². The van der Waals surface area contributed by atoms with E-state index in [1.54, 1.807) is 11.3 Å². The van der Waals surface area contributed by atoms with Crippen LogP contribution >= 0.6 is 11.3 Å². The first-order valence-corrected chi connectivity index (χ1v) is 4.79. The third-order valence-electron chi connectivity index (χ3n) is 2.12. The minimum Gasteiger partial charge on any atom is -0.271 e. The lowest BCUT2D eigenvalue weighted by atomic mass is 10.1. The summed E-state index contributed by atoms with van der Waals surface area (Å²) in [7, 11) is 0. The predicted octanol–water partition coefficient (Wildman–Crippen LogP) is 1.66. The fourth-order valence-corrected chi connectivity index (χ4v) is 2.23. The van der Waals surface area contributed by atoms with E-state index in [-0.39, 0.29) is 0 Å². The van der Waals surface area contributed by atoms with Crippen LogP contribution in [-0.2, 0) is 0 Å². The van der Waals surface area contributed by atoms with Crippen molar-refractivity contribution < 1.29 is 0 Å². The van der Waals surface area contributed by atoms with Gasteiger partial charge in [0, 0.05) is 4.88 Å². The summed E-state index contributed by atoms with van der Waals surface area (Å²) in [4.78, 5) is 1.37. The second kappa shape index (κ2) is 2.93. The maximum atomic E-state index is 5.46. The summed E-state index contributed by atoms with van der Waals surface area (Å²) in [6, 6.07) is 4.63. The highest BCUT2D eigenvalue weighted by Gasteiger charge is 2.31. The molecule has 0 spiro atoms. The van der Waals surface area contributed by atoms with Gasteiger partial charge in [-0.1, -0.05) is 6.07 Å². The Morgan fingerprint density at radius 1 is 1.64 bits per heavy atom. The molecular weight excluding hydrogens is 156 g/mol. The highest BCUT2D eigenvalue weighted by Crippen LogP contribution is 2.41. The first-order chi connectivity index (χ1) is 5.42. The molecular formula is C8H12N2S. The fraction of sp³-hybridized carbons (Fsp3) is 0.500. The Morgan fingerprint density at radius 3 is 2.91 bits per heavy atom. The summed E-state index contributed by atoms with van der Waals surface area (Å²) in [5, 5.41) is 2.10. The van der Waals surface area contributed by atoms with Crippen LogP contribution in [0.4, 0.5) is 0 Å². The van der Waals surface area contributed by atoms with Crippen molar-refractivity contribution in [3.8, 4) is 0 Å². The second-order valence-electron chi connectivity index (χ2n) is 3.00. The molecule has 1 aliphatic rings. The van der Waals surface area contributed by atoms with E-state index in [1.807, 2.05) is 0 Å². The van der Waals surface area contributed by atoms with Crippen LogP contribution < -0.4 is 11.3 Å². The molecule has 0 radical (unpaired) electrons. The first-order valence-electron chi connectivity index (χ1n) is 3.91. The molecule has 60 valence electrons. The Hall–Kier alpha value is -0.380. The largest absolute Gasteiger partial charge is 0.271 e. The van der Waals surface area contributed by atoms with Gasteiger partial charge in [0.25, 0.3) is 0 Å². The topological polar surface area (TPSA) is 38.0 Å². The number of hydrazine groups is 1. The van der Waals surface area contributed by atoms with Gasteiger partial charge in [0.15, 0.2) is 0 Å². The smallest absolute Gasteiger partial charge is 0.0581 e. The third-order valence-corrected chi connectivity index (χ3v) is 3.08. The van der Waals surface area contributed by atoms with Crippen molar-refractivity contribution in [2.75, 3.05) is 0 Å². The molecule has 0 amide bonds. The van der Waals surface area contributed by atoms with Crippen molar-refractivity contribution in [2.45, 2.75) is 18.9 Å². The molecule has 2 rings (SSSR count). The van der Waals surface area contributed by atoms with Crippen LogP contribution in [0.15, 0.2) is 17.5 Å². The van der Waals surface area contributed by atoms with E-state index in [4.69, 9.17) is 5.84 Å². The zero-order valence-corrected chi connectivity index (χ0v) is 7.10. The minimum atomic E-state index is 0.412. The summed E-state index contributed by atoms with van der Waals surface area (Å²) < 4.78 is 0. The van der Waals surface area contributed by atoms with Gasteiger partial charge in [0.1, 0.15) is 0 Å². The van der Waals surface area contributed by atoms with Crippen molar-refractivity contribution in [3.63, 3.8) is 0 Å². The Morgan fingerprint density at radius 2 is 2.45 bits per heavy atom. The number of thiophene rings is 1. The third kappa shape index (κ3) is 1.45.